The molecule has 3 N–H and O–H groups in total. The zero-order chi connectivity index (χ0) is 21.6. The molecule has 0 spiro atoms. The lowest BCUT2D eigenvalue weighted by Gasteiger charge is -2.19. The first kappa shape index (κ1) is 28.8. The van der Waals surface area contributed by atoms with E-state index in [1.807, 2.05) is 6.08 Å². The number of hydrogen-bond acceptors (Lipinski definition) is 5. The highest BCUT2D eigenvalue weighted by molar-refractivity contribution is 8.76. The van der Waals surface area contributed by atoms with Crippen molar-refractivity contribution < 1.29 is 15.0 Å². The summed E-state index contributed by atoms with van der Waals surface area (Å²) in [5.74, 6) is 1.65. The molecule has 0 bridgehead atoms. The maximum atomic E-state index is 11.9. The first-order chi connectivity index (χ1) is 14.2. The van der Waals surface area contributed by atoms with Crippen LogP contribution in [-0.2, 0) is 4.79 Å². The van der Waals surface area contributed by atoms with Gasteiger partial charge < -0.3 is 15.5 Å². The van der Waals surface area contributed by atoms with Gasteiger partial charge in [-0.2, -0.15) is 0 Å². The summed E-state index contributed by atoms with van der Waals surface area (Å²) in [5, 5.41) is 22.3. The minimum atomic E-state index is -0.839. The number of aliphatic hydroxyl groups excluding tert-OH is 2. The van der Waals surface area contributed by atoms with Gasteiger partial charge in [0.05, 0.1) is 18.8 Å². The van der Waals surface area contributed by atoms with Gasteiger partial charge >= 0.3 is 0 Å². The van der Waals surface area contributed by atoms with Crippen LogP contribution in [0.15, 0.2) is 12.2 Å². The average Bonchev–Trinajstić information content (AvgIpc) is 2.72. The molecule has 0 rings (SSSR count). The zero-order valence-electron chi connectivity index (χ0n) is 18.7. The number of nitrogens with one attached hydrogen (secondary N) is 1. The Balaban J connectivity index is 3.68. The molecule has 0 aromatic heterocycles. The van der Waals surface area contributed by atoms with Gasteiger partial charge in [0.15, 0.2) is 0 Å². The van der Waals surface area contributed by atoms with Crippen molar-refractivity contribution >= 4 is 27.5 Å². The van der Waals surface area contributed by atoms with Crippen LogP contribution in [0.25, 0.3) is 0 Å². The van der Waals surface area contributed by atoms with Gasteiger partial charge in [0.2, 0.25) is 5.91 Å². The molecule has 0 unspecified atom stereocenters. The molecule has 0 radical (unpaired) electrons. The molecular formula is C23H45NO3S2. The van der Waals surface area contributed by atoms with Crippen LogP contribution < -0.4 is 5.32 Å². The second-order valence-corrected chi connectivity index (χ2v) is 10.4. The van der Waals surface area contributed by atoms with E-state index in [1.165, 1.54) is 64.2 Å². The number of unbranched alkanes of at least 4 members (excludes halogenated alkanes) is 11. The lowest BCUT2D eigenvalue weighted by molar-refractivity contribution is -0.122. The van der Waals surface area contributed by atoms with Gasteiger partial charge in [-0.05, 0) is 12.8 Å². The van der Waals surface area contributed by atoms with Gasteiger partial charge in [0.25, 0.3) is 0 Å². The molecule has 0 heterocycles. The molecule has 2 atom stereocenters. The van der Waals surface area contributed by atoms with Crippen molar-refractivity contribution in [1.82, 2.24) is 5.32 Å². The summed E-state index contributed by atoms with van der Waals surface area (Å²) in [4.78, 5) is 11.9. The third-order valence-electron chi connectivity index (χ3n) is 4.88. The summed E-state index contributed by atoms with van der Waals surface area (Å²) in [6, 6.07) is -0.625. The van der Waals surface area contributed by atoms with Gasteiger partial charge in [0.1, 0.15) is 0 Å². The molecule has 0 aliphatic rings. The molecule has 4 nitrogen and oxygen atoms in total. The fourth-order valence-corrected chi connectivity index (χ4v) is 4.75. The second kappa shape index (κ2) is 22.5. The number of carbonyl (C=O) groups is 1. The van der Waals surface area contributed by atoms with Crippen molar-refractivity contribution in [3.05, 3.63) is 12.2 Å². The standard InChI is InChI=1S/C23H45NO3S2/c1-3-5-6-7-8-9-10-11-12-13-14-15-16-17-22(26)21(20-25)24-23(27)18-19-29-28-4-2/h16-17,21-22,25-26H,3-15,18-20H2,1-2H3,(H,24,27)/b17-16+/t21-,22+/m0/s1. The summed E-state index contributed by atoms with van der Waals surface area (Å²) < 4.78 is 0. The molecular weight excluding hydrogens is 402 g/mol. The van der Waals surface area contributed by atoms with E-state index < -0.39 is 12.1 Å². The summed E-state index contributed by atoms with van der Waals surface area (Å²) in [6.45, 7) is 4.08. The van der Waals surface area contributed by atoms with Crippen LogP contribution in [0.1, 0.15) is 97.3 Å². The Kier molecular flexibility index (Phi) is 22.4. The maximum absolute atomic E-state index is 11.9. The van der Waals surface area contributed by atoms with Crippen molar-refractivity contribution in [3.8, 4) is 0 Å². The van der Waals surface area contributed by atoms with Crippen LogP contribution in [0.5, 0.6) is 0 Å². The third-order valence-corrected chi connectivity index (χ3v) is 7.36. The lowest BCUT2D eigenvalue weighted by atomic mass is 10.0. The van der Waals surface area contributed by atoms with E-state index in [9.17, 15) is 15.0 Å². The smallest absolute Gasteiger partial charge is 0.221 e. The van der Waals surface area contributed by atoms with Gasteiger partial charge in [-0.1, -0.05) is 112 Å². The van der Waals surface area contributed by atoms with Gasteiger partial charge in [-0.25, -0.2) is 0 Å². The van der Waals surface area contributed by atoms with Crippen LogP contribution in [0, 0.1) is 0 Å². The number of carbonyl (C=O) groups excluding carboxylic acids is 1. The molecule has 0 fully saturated rings. The van der Waals surface area contributed by atoms with E-state index in [0.29, 0.717) is 6.42 Å². The van der Waals surface area contributed by atoms with Crippen molar-refractivity contribution in [2.75, 3.05) is 18.1 Å². The first-order valence-electron chi connectivity index (χ1n) is 11.6. The van der Waals surface area contributed by atoms with E-state index in [-0.39, 0.29) is 12.5 Å². The average molecular weight is 448 g/mol. The van der Waals surface area contributed by atoms with E-state index >= 15 is 0 Å². The summed E-state index contributed by atoms with van der Waals surface area (Å²) in [6.07, 6.45) is 18.8. The molecule has 6 heteroatoms. The molecule has 172 valence electrons. The Bertz CT molecular complexity index is 394. The van der Waals surface area contributed by atoms with E-state index in [0.717, 1.165) is 24.3 Å². The van der Waals surface area contributed by atoms with E-state index in [1.54, 1.807) is 27.7 Å². The molecule has 0 aromatic rings. The number of rotatable bonds is 21. The zero-order valence-corrected chi connectivity index (χ0v) is 20.4. The highest BCUT2D eigenvalue weighted by atomic mass is 33.1. The van der Waals surface area contributed by atoms with Gasteiger partial charge in [0, 0.05) is 17.9 Å². The Morgan fingerprint density at radius 1 is 0.931 bits per heavy atom. The van der Waals surface area contributed by atoms with Gasteiger partial charge in [-0.15, -0.1) is 0 Å². The van der Waals surface area contributed by atoms with E-state index in [4.69, 9.17) is 0 Å². The summed E-state index contributed by atoms with van der Waals surface area (Å²) in [7, 11) is 3.41. The minimum Gasteiger partial charge on any atom is -0.394 e. The molecule has 0 saturated carbocycles. The predicted octanol–water partition coefficient (Wildman–Crippen LogP) is 5.87. The fraction of sp³-hybridized carbons (Fsp3) is 0.870. The quantitative estimate of drug-likeness (QED) is 0.117. The molecule has 1 amide bonds. The maximum Gasteiger partial charge on any atom is 0.221 e. The van der Waals surface area contributed by atoms with Crippen molar-refractivity contribution in [2.45, 2.75) is 109 Å². The van der Waals surface area contributed by atoms with Crippen molar-refractivity contribution in [2.24, 2.45) is 0 Å². The second-order valence-electron chi connectivity index (χ2n) is 7.58. The number of amides is 1. The third kappa shape index (κ3) is 19.5. The largest absolute Gasteiger partial charge is 0.394 e. The molecule has 0 aliphatic heterocycles. The van der Waals surface area contributed by atoms with Crippen molar-refractivity contribution in [1.29, 1.82) is 0 Å². The molecule has 0 aliphatic carbocycles. The fourth-order valence-electron chi connectivity index (χ4n) is 3.09. The predicted molar refractivity (Wildman–Crippen MR) is 130 cm³/mol. The monoisotopic (exact) mass is 447 g/mol. The van der Waals surface area contributed by atoms with Crippen LogP contribution in [-0.4, -0.2) is 46.4 Å². The van der Waals surface area contributed by atoms with Crippen LogP contribution in [0.4, 0.5) is 0 Å². The van der Waals surface area contributed by atoms with Crippen LogP contribution >= 0.6 is 21.6 Å². The lowest BCUT2D eigenvalue weighted by Crippen LogP contribution is -2.45. The topological polar surface area (TPSA) is 69.6 Å². The van der Waals surface area contributed by atoms with E-state index in [2.05, 4.69) is 19.2 Å². The highest BCUT2D eigenvalue weighted by Gasteiger charge is 2.17. The number of allylic oxidation sites excluding steroid dienone is 1. The van der Waals surface area contributed by atoms with Gasteiger partial charge in [-0.3, -0.25) is 4.79 Å². The number of aliphatic hydroxyl groups is 2. The number of hydrogen-bond donors (Lipinski definition) is 3. The Labute approximate surface area is 187 Å². The van der Waals surface area contributed by atoms with Crippen LogP contribution in [0.3, 0.4) is 0 Å². The normalized spacial score (nSPS) is 13.7. The van der Waals surface area contributed by atoms with Crippen molar-refractivity contribution in [3.63, 3.8) is 0 Å². The molecule has 0 aromatic carbocycles. The summed E-state index contributed by atoms with van der Waals surface area (Å²) in [5.41, 5.74) is 0. The van der Waals surface area contributed by atoms with Crippen LogP contribution in [0.2, 0.25) is 0 Å². The Morgan fingerprint density at radius 3 is 2.07 bits per heavy atom. The minimum absolute atomic E-state index is 0.119. The Morgan fingerprint density at radius 2 is 1.52 bits per heavy atom. The molecule has 0 saturated heterocycles. The molecule has 29 heavy (non-hydrogen) atoms. The Hall–Kier alpha value is -0.170. The summed E-state index contributed by atoms with van der Waals surface area (Å²) >= 11 is 0. The SMILES string of the molecule is CCCCCCCCCCCCC/C=C/[C@@H](O)[C@H](CO)NC(=O)CCSSCC. The highest BCUT2D eigenvalue weighted by Crippen LogP contribution is 2.20. The first-order valence-corrected chi connectivity index (χ1v) is 14.1.